The Balaban J connectivity index is 1.89. The van der Waals surface area contributed by atoms with Crippen LogP contribution in [-0.2, 0) is 25.5 Å². The number of rotatable bonds is 8. The highest BCUT2D eigenvalue weighted by atomic mass is 16.5. The fourth-order valence-electron chi connectivity index (χ4n) is 2.90. The molecule has 1 aromatic heterocycles. The molecule has 0 saturated carbocycles. The van der Waals surface area contributed by atoms with Gasteiger partial charge in [0.25, 0.3) is 5.91 Å². The van der Waals surface area contributed by atoms with Gasteiger partial charge in [-0.05, 0) is 51.0 Å². The molecule has 0 aliphatic heterocycles. The maximum absolute atomic E-state index is 12.1. The van der Waals surface area contributed by atoms with E-state index in [0.717, 1.165) is 27.7 Å². The van der Waals surface area contributed by atoms with Crippen LogP contribution in [0.15, 0.2) is 22.8 Å². The van der Waals surface area contributed by atoms with Crippen LogP contribution in [0.4, 0.5) is 0 Å². The molecular weight excluding hydrogens is 360 g/mol. The quantitative estimate of drug-likeness (QED) is 0.649. The highest BCUT2D eigenvalue weighted by Gasteiger charge is 2.19. The molecule has 0 aliphatic carbocycles. The van der Waals surface area contributed by atoms with Crippen molar-refractivity contribution < 1.29 is 23.5 Å². The third kappa shape index (κ3) is 5.12. The molecule has 0 aliphatic rings. The molecule has 152 valence electrons. The first-order chi connectivity index (χ1) is 13.3. The summed E-state index contributed by atoms with van der Waals surface area (Å²) in [5.74, 6) is -1.07. The van der Waals surface area contributed by atoms with Crippen LogP contribution in [-0.4, -0.2) is 60.9 Å². The van der Waals surface area contributed by atoms with Crippen LogP contribution in [0.3, 0.4) is 0 Å². The van der Waals surface area contributed by atoms with Gasteiger partial charge in [0, 0.05) is 31.1 Å². The normalized spacial score (nSPS) is 10.8. The van der Waals surface area contributed by atoms with Gasteiger partial charge in [-0.1, -0.05) is 0 Å². The molecule has 0 fully saturated rings. The monoisotopic (exact) mass is 388 g/mol. The molecular formula is C21H28N2O5. The number of benzene rings is 1. The molecule has 0 unspecified atom stereocenters. The zero-order valence-corrected chi connectivity index (χ0v) is 17.2. The molecule has 0 saturated heterocycles. The lowest BCUT2D eigenvalue weighted by molar-refractivity contribution is -0.152. The lowest BCUT2D eigenvalue weighted by Gasteiger charge is -2.23. The summed E-state index contributed by atoms with van der Waals surface area (Å²) in [6.07, 6.45) is 1.56. The summed E-state index contributed by atoms with van der Waals surface area (Å²) in [4.78, 5) is 39.3. The minimum absolute atomic E-state index is 0.0187. The number of hydrogen-bond donors (Lipinski definition) is 0. The van der Waals surface area contributed by atoms with E-state index < -0.39 is 18.5 Å². The summed E-state index contributed by atoms with van der Waals surface area (Å²) in [6, 6.07) is 3.92. The van der Waals surface area contributed by atoms with E-state index >= 15 is 0 Å². The van der Waals surface area contributed by atoms with Crippen molar-refractivity contribution in [2.75, 3.05) is 33.3 Å². The van der Waals surface area contributed by atoms with E-state index in [2.05, 4.69) is 0 Å². The molecule has 1 aromatic carbocycles. The molecule has 0 atom stereocenters. The molecule has 7 nitrogen and oxygen atoms in total. The zero-order valence-electron chi connectivity index (χ0n) is 17.2. The van der Waals surface area contributed by atoms with Gasteiger partial charge in [0.05, 0.1) is 19.2 Å². The van der Waals surface area contributed by atoms with Gasteiger partial charge < -0.3 is 19.0 Å². The number of aryl methyl sites for hydroxylation is 2. The molecule has 7 heteroatoms. The second-order valence-electron chi connectivity index (χ2n) is 6.85. The Hall–Kier alpha value is -2.83. The first-order valence-electron chi connectivity index (χ1n) is 9.41. The van der Waals surface area contributed by atoms with Gasteiger partial charge in [0.2, 0.25) is 5.91 Å². The molecule has 2 aromatic rings. The number of carbonyl (C=O) groups excluding carboxylic acids is 3. The average molecular weight is 388 g/mol. The number of nitrogens with zero attached hydrogens (tertiary/aromatic N) is 2. The van der Waals surface area contributed by atoms with Gasteiger partial charge >= 0.3 is 5.97 Å². The summed E-state index contributed by atoms with van der Waals surface area (Å²) in [5.41, 5.74) is 3.67. The predicted molar refractivity (Wildman–Crippen MR) is 106 cm³/mol. The lowest BCUT2D eigenvalue weighted by Crippen LogP contribution is -2.42. The molecule has 28 heavy (non-hydrogen) atoms. The van der Waals surface area contributed by atoms with Crippen LogP contribution >= 0.6 is 0 Å². The molecule has 0 radical (unpaired) electrons. The molecule has 2 amide bonds. The van der Waals surface area contributed by atoms with E-state index in [4.69, 9.17) is 9.15 Å². The summed E-state index contributed by atoms with van der Waals surface area (Å²) in [5, 5.41) is 0.869. The van der Waals surface area contributed by atoms with Gasteiger partial charge in [-0.2, -0.15) is 0 Å². The van der Waals surface area contributed by atoms with Crippen molar-refractivity contribution in [3.05, 3.63) is 35.1 Å². The van der Waals surface area contributed by atoms with Crippen molar-refractivity contribution in [1.82, 2.24) is 9.80 Å². The fraction of sp³-hybridized carbons (Fsp3) is 0.476. The van der Waals surface area contributed by atoms with Crippen molar-refractivity contribution in [3.63, 3.8) is 0 Å². The Morgan fingerprint density at radius 1 is 1.04 bits per heavy atom. The number of ether oxygens (including phenoxy) is 1. The van der Waals surface area contributed by atoms with Crippen LogP contribution in [0.25, 0.3) is 11.0 Å². The van der Waals surface area contributed by atoms with Gasteiger partial charge in [0.1, 0.15) is 5.58 Å². The van der Waals surface area contributed by atoms with Crippen molar-refractivity contribution in [2.45, 2.75) is 34.1 Å². The summed E-state index contributed by atoms with van der Waals surface area (Å²) in [6.45, 7) is 8.50. The minimum atomic E-state index is -0.516. The first-order valence-corrected chi connectivity index (χ1v) is 9.41. The average Bonchev–Trinajstić information content (AvgIpc) is 3.02. The molecule has 0 spiro atoms. The van der Waals surface area contributed by atoms with Gasteiger partial charge in [-0.25, -0.2) is 0 Å². The van der Waals surface area contributed by atoms with E-state index in [1.807, 2.05) is 39.8 Å². The third-order valence-electron chi connectivity index (χ3n) is 4.88. The Bertz CT molecular complexity index is 867. The Morgan fingerprint density at radius 2 is 1.68 bits per heavy atom. The van der Waals surface area contributed by atoms with Gasteiger partial charge in [0.15, 0.2) is 6.61 Å². The van der Waals surface area contributed by atoms with Crippen LogP contribution in [0, 0.1) is 13.8 Å². The largest absolute Gasteiger partial charge is 0.464 e. The first kappa shape index (κ1) is 21.5. The van der Waals surface area contributed by atoms with Crippen LogP contribution in [0.2, 0.25) is 0 Å². The second-order valence-corrected chi connectivity index (χ2v) is 6.85. The number of fused-ring (bicyclic) bond motifs is 1. The van der Waals surface area contributed by atoms with Gasteiger partial charge in [-0.15, -0.1) is 0 Å². The van der Waals surface area contributed by atoms with Crippen LogP contribution in [0.5, 0.6) is 0 Å². The number of amides is 2. The topological polar surface area (TPSA) is 80.1 Å². The summed E-state index contributed by atoms with van der Waals surface area (Å²) in [7, 11) is 1.52. The van der Waals surface area contributed by atoms with Crippen molar-refractivity contribution >= 4 is 28.8 Å². The number of esters is 1. The summed E-state index contributed by atoms with van der Waals surface area (Å²) >= 11 is 0. The molecule has 0 N–H and O–H groups in total. The number of hydrogen-bond acceptors (Lipinski definition) is 5. The van der Waals surface area contributed by atoms with E-state index in [1.165, 1.54) is 11.9 Å². The zero-order chi connectivity index (χ0) is 20.8. The minimum Gasteiger partial charge on any atom is -0.464 e. The molecule has 1 heterocycles. The van der Waals surface area contributed by atoms with E-state index in [9.17, 15) is 14.4 Å². The highest BCUT2D eigenvalue weighted by Crippen LogP contribution is 2.25. The maximum atomic E-state index is 12.1. The van der Waals surface area contributed by atoms with Crippen molar-refractivity contribution in [3.8, 4) is 0 Å². The molecule has 2 rings (SSSR count). The summed E-state index contributed by atoms with van der Waals surface area (Å²) < 4.78 is 10.6. The smallest absolute Gasteiger partial charge is 0.310 e. The van der Waals surface area contributed by atoms with Crippen molar-refractivity contribution in [2.24, 2.45) is 0 Å². The number of furan rings is 1. The van der Waals surface area contributed by atoms with E-state index in [0.29, 0.717) is 13.1 Å². The second kappa shape index (κ2) is 9.39. The van der Waals surface area contributed by atoms with Crippen LogP contribution in [0.1, 0.15) is 30.5 Å². The number of likely N-dealkylation sites (N-methyl/N-ethyl adjacent to an activating group) is 2. The predicted octanol–water partition coefficient (Wildman–Crippen LogP) is 2.46. The Kier molecular flexibility index (Phi) is 7.20. The Labute approximate surface area is 165 Å². The number of carbonyl (C=O) groups is 3. The van der Waals surface area contributed by atoms with E-state index in [-0.39, 0.29) is 18.9 Å². The standard InChI is InChI=1S/C21H28N2O5/c1-6-23(7-2)19(24)11-22(5)20(25)13-28-21(26)10-16-12-27-18-9-15(4)14(3)8-17(16)18/h8-9,12H,6-7,10-11,13H2,1-5H3. The Morgan fingerprint density at radius 3 is 2.32 bits per heavy atom. The van der Waals surface area contributed by atoms with Crippen molar-refractivity contribution in [1.29, 1.82) is 0 Å². The highest BCUT2D eigenvalue weighted by molar-refractivity contribution is 5.88. The maximum Gasteiger partial charge on any atom is 0.310 e. The van der Waals surface area contributed by atoms with E-state index in [1.54, 1.807) is 11.2 Å². The van der Waals surface area contributed by atoms with Gasteiger partial charge in [-0.3, -0.25) is 14.4 Å². The molecule has 0 bridgehead atoms. The van der Waals surface area contributed by atoms with Crippen LogP contribution < -0.4 is 0 Å². The fourth-order valence-corrected chi connectivity index (χ4v) is 2.90. The lowest BCUT2D eigenvalue weighted by atomic mass is 10.0. The third-order valence-corrected chi connectivity index (χ3v) is 4.88. The SMILES string of the molecule is CCN(CC)C(=O)CN(C)C(=O)COC(=O)Cc1coc2cc(C)c(C)cc12.